The molecule has 2 aromatic heterocycles. The number of carbonyl (C=O) groups excluding carboxylic acids is 3. The zero-order valence-electron chi connectivity index (χ0n) is 17.2. The standard InChI is InChI=1S/C19H20N4O8/c1-6-13-21-17-14(18(22-13)27-5)20-8-23(17)19-16(30-11(4)26)15(29-10(3)25)12(31-19)7-28-9(2)24/h1,8,12,15-16,19H,7H2,2-5H3/t12-,15?,16?,19-/m1/s1. The molecule has 0 amide bonds. The van der Waals surface area contributed by atoms with Crippen molar-refractivity contribution in [3.8, 4) is 18.2 Å². The number of imidazole rings is 1. The molecule has 1 aliphatic heterocycles. The Morgan fingerprint density at radius 1 is 1.13 bits per heavy atom. The number of esters is 3. The van der Waals surface area contributed by atoms with Gasteiger partial charge in [-0.15, -0.1) is 6.42 Å². The van der Waals surface area contributed by atoms with Gasteiger partial charge in [0.15, 0.2) is 29.6 Å². The quantitative estimate of drug-likeness (QED) is 0.349. The summed E-state index contributed by atoms with van der Waals surface area (Å²) < 4.78 is 28.4. The monoisotopic (exact) mass is 432 g/mol. The van der Waals surface area contributed by atoms with E-state index < -0.39 is 42.4 Å². The van der Waals surface area contributed by atoms with Gasteiger partial charge in [0.2, 0.25) is 11.7 Å². The Kier molecular flexibility index (Phi) is 6.36. The highest BCUT2D eigenvalue weighted by atomic mass is 16.7. The molecular weight excluding hydrogens is 412 g/mol. The number of carbonyl (C=O) groups is 3. The van der Waals surface area contributed by atoms with E-state index in [0.717, 1.165) is 0 Å². The van der Waals surface area contributed by atoms with Gasteiger partial charge in [0.25, 0.3) is 0 Å². The molecule has 4 atom stereocenters. The van der Waals surface area contributed by atoms with Gasteiger partial charge in [-0.05, 0) is 5.92 Å². The molecule has 31 heavy (non-hydrogen) atoms. The second-order valence-corrected chi connectivity index (χ2v) is 6.54. The van der Waals surface area contributed by atoms with E-state index in [9.17, 15) is 14.4 Å². The van der Waals surface area contributed by atoms with Gasteiger partial charge in [0.1, 0.15) is 12.7 Å². The van der Waals surface area contributed by atoms with Crippen LogP contribution in [-0.4, -0.2) is 69.5 Å². The van der Waals surface area contributed by atoms with Crippen LogP contribution in [0.15, 0.2) is 6.33 Å². The van der Waals surface area contributed by atoms with Crippen molar-refractivity contribution in [2.24, 2.45) is 0 Å². The van der Waals surface area contributed by atoms with Crippen LogP contribution in [0.2, 0.25) is 0 Å². The van der Waals surface area contributed by atoms with E-state index in [4.69, 9.17) is 30.1 Å². The molecule has 2 unspecified atom stereocenters. The molecule has 0 radical (unpaired) electrons. The van der Waals surface area contributed by atoms with Gasteiger partial charge in [0, 0.05) is 20.8 Å². The van der Waals surface area contributed by atoms with Crippen LogP contribution in [-0.2, 0) is 33.3 Å². The number of nitrogens with zero attached hydrogens (tertiary/aromatic N) is 4. The maximum atomic E-state index is 11.8. The van der Waals surface area contributed by atoms with Gasteiger partial charge >= 0.3 is 17.9 Å². The molecule has 0 spiro atoms. The van der Waals surface area contributed by atoms with Crippen molar-refractivity contribution in [3.63, 3.8) is 0 Å². The molecule has 164 valence electrons. The molecule has 0 aliphatic carbocycles. The van der Waals surface area contributed by atoms with E-state index in [1.807, 2.05) is 0 Å². The van der Waals surface area contributed by atoms with E-state index in [-0.39, 0.29) is 24.0 Å². The second-order valence-electron chi connectivity index (χ2n) is 6.54. The number of hydrogen-bond donors (Lipinski definition) is 0. The van der Waals surface area contributed by atoms with Crippen molar-refractivity contribution >= 4 is 29.1 Å². The van der Waals surface area contributed by atoms with E-state index in [1.165, 1.54) is 38.8 Å². The largest absolute Gasteiger partial charge is 0.479 e. The third-order valence-electron chi connectivity index (χ3n) is 4.33. The lowest BCUT2D eigenvalue weighted by molar-refractivity contribution is -0.166. The third-order valence-corrected chi connectivity index (χ3v) is 4.33. The zero-order valence-corrected chi connectivity index (χ0v) is 17.2. The first-order valence-electron chi connectivity index (χ1n) is 9.13. The summed E-state index contributed by atoms with van der Waals surface area (Å²) in [5.41, 5.74) is 0.538. The number of hydrogen-bond acceptors (Lipinski definition) is 11. The Bertz CT molecular complexity index is 1060. The highest BCUT2D eigenvalue weighted by Gasteiger charge is 2.51. The molecule has 12 nitrogen and oxygen atoms in total. The lowest BCUT2D eigenvalue weighted by Gasteiger charge is -2.23. The smallest absolute Gasteiger partial charge is 0.303 e. The van der Waals surface area contributed by atoms with Crippen molar-refractivity contribution < 1.29 is 38.1 Å². The first-order valence-corrected chi connectivity index (χ1v) is 9.13. The van der Waals surface area contributed by atoms with E-state index in [2.05, 4.69) is 20.9 Å². The Morgan fingerprint density at radius 3 is 2.39 bits per heavy atom. The van der Waals surface area contributed by atoms with Crippen LogP contribution in [0.1, 0.15) is 32.8 Å². The summed E-state index contributed by atoms with van der Waals surface area (Å²) in [7, 11) is 1.40. The first-order chi connectivity index (χ1) is 14.7. The number of fused-ring (bicyclic) bond motifs is 1. The molecule has 3 heterocycles. The van der Waals surface area contributed by atoms with Gasteiger partial charge in [-0.25, -0.2) is 9.97 Å². The number of ether oxygens (including phenoxy) is 5. The summed E-state index contributed by atoms with van der Waals surface area (Å²) >= 11 is 0. The van der Waals surface area contributed by atoms with Crippen molar-refractivity contribution in [2.75, 3.05) is 13.7 Å². The zero-order chi connectivity index (χ0) is 22.7. The molecule has 0 saturated carbocycles. The SMILES string of the molecule is C#Cc1nc(OC)c2ncn([C@@H]3O[C@H](COC(C)=O)C(OC(C)=O)C3OC(C)=O)c2n1. The van der Waals surface area contributed by atoms with E-state index in [0.29, 0.717) is 5.52 Å². The summed E-state index contributed by atoms with van der Waals surface area (Å²) in [4.78, 5) is 47.3. The van der Waals surface area contributed by atoms with Crippen LogP contribution in [0.25, 0.3) is 11.2 Å². The van der Waals surface area contributed by atoms with E-state index in [1.54, 1.807) is 0 Å². The van der Waals surface area contributed by atoms with Crippen LogP contribution in [0.4, 0.5) is 0 Å². The Balaban J connectivity index is 2.08. The summed E-state index contributed by atoms with van der Waals surface area (Å²) in [5, 5.41) is 0. The van der Waals surface area contributed by atoms with Crippen LogP contribution in [0.5, 0.6) is 5.88 Å². The summed E-state index contributed by atoms with van der Waals surface area (Å²) in [6.45, 7) is 3.40. The molecule has 1 fully saturated rings. The lowest BCUT2D eigenvalue weighted by atomic mass is 10.1. The topological polar surface area (TPSA) is 141 Å². The van der Waals surface area contributed by atoms with E-state index >= 15 is 0 Å². The predicted molar refractivity (Wildman–Crippen MR) is 101 cm³/mol. The molecule has 0 N–H and O–H groups in total. The number of aromatic nitrogens is 4. The third kappa shape index (κ3) is 4.56. The Hall–Kier alpha value is -3.72. The minimum Gasteiger partial charge on any atom is -0.479 e. The second kappa shape index (κ2) is 8.97. The highest BCUT2D eigenvalue weighted by molar-refractivity contribution is 5.77. The van der Waals surface area contributed by atoms with Gasteiger partial charge in [-0.3, -0.25) is 19.0 Å². The molecule has 3 rings (SSSR count). The molecule has 1 saturated heterocycles. The van der Waals surface area contributed by atoms with Crippen molar-refractivity contribution in [1.82, 2.24) is 19.5 Å². The first kappa shape index (κ1) is 22.0. The minimum atomic E-state index is -1.09. The van der Waals surface area contributed by atoms with Crippen molar-refractivity contribution in [2.45, 2.75) is 45.3 Å². The fourth-order valence-electron chi connectivity index (χ4n) is 3.20. The number of methoxy groups -OCH3 is 1. The fraction of sp³-hybridized carbons (Fsp3) is 0.474. The molecule has 0 aromatic carbocycles. The molecule has 1 aliphatic rings. The van der Waals surface area contributed by atoms with Gasteiger partial charge in [-0.2, -0.15) is 4.98 Å². The predicted octanol–water partition coefficient (Wildman–Crippen LogP) is 0.140. The van der Waals surface area contributed by atoms with Gasteiger partial charge in [-0.1, -0.05) is 0 Å². The maximum Gasteiger partial charge on any atom is 0.303 e. The number of terminal acetylenes is 1. The lowest BCUT2D eigenvalue weighted by Crippen LogP contribution is -2.40. The Labute approximate surface area is 176 Å². The van der Waals surface area contributed by atoms with Crippen molar-refractivity contribution in [1.29, 1.82) is 0 Å². The van der Waals surface area contributed by atoms with Crippen LogP contribution >= 0.6 is 0 Å². The Morgan fingerprint density at radius 2 is 1.81 bits per heavy atom. The van der Waals surface area contributed by atoms with Crippen LogP contribution < -0.4 is 4.74 Å². The van der Waals surface area contributed by atoms with Gasteiger partial charge in [0.05, 0.1) is 13.4 Å². The maximum absolute atomic E-state index is 11.8. The summed E-state index contributed by atoms with van der Waals surface area (Å²) in [6.07, 6.45) is 2.72. The van der Waals surface area contributed by atoms with Crippen LogP contribution in [0.3, 0.4) is 0 Å². The molecular formula is C19H20N4O8. The molecule has 12 heteroatoms. The average Bonchev–Trinajstić information content (AvgIpc) is 3.26. The van der Waals surface area contributed by atoms with Crippen LogP contribution in [0, 0.1) is 12.3 Å². The minimum absolute atomic E-state index is 0.0427. The summed E-state index contributed by atoms with van der Waals surface area (Å²) in [6, 6.07) is 0. The van der Waals surface area contributed by atoms with Gasteiger partial charge < -0.3 is 23.7 Å². The highest BCUT2D eigenvalue weighted by Crippen LogP contribution is 2.36. The normalized spacial score (nSPS) is 22.5. The fourth-order valence-corrected chi connectivity index (χ4v) is 3.20. The summed E-state index contributed by atoms with van der Waals surface area (Å²) in [5.74, 6) is 0.693. The molecule has 0 bridgehead atoms. The van der Waals surface area contributed by atoms with Crippen molar-refractivity contribution in [3.05, 3.63) is 12.2 Å². The number of rotatable bonds is 6. The molecule has 2 aromatic rings. The average molecular weight is 432 g/mol.